The summed E-state index contributed by atoms with van der Waals surface area (Å²) >= 11 is 0. The van der Waals surface area contributed by atoms with Crippen LogP contribution in [0.3, 0.4) is 0 Å². The van der Waals surface area contributed by atoms with Crippen LogP contribution in [0.25, 0.3) is 0 Å². The van der Waals surface area contributed by atoms with E-state index in [0.717, 1.165) is 51.4 Å². The molecule has 0 aliphatic rings. The summed E-state index contributed by atoms with van der Waals surface area (Å²) < 4.78 is 12.1. The minimum atomic E-state index is -0.110. The second-order valence-corrected chi connectivity index (χ2v) is 9.38. The molecule has 0 rings (SSSR count). The van der Waals surface area contributed by atoms with Gasteiger partial charge < -0.3 is 19.7 Å². The minimum absolute atomic E-state index is 0.0839. The maximum absolute atomic E-state index is 9.86. The molecule has 2 unspecified atom stereocenters. The first-order chi connectivity index (χ1) is 12.8. The van der Waals surface area contributed by atoms with Gasteiger partial charge in [-0.15, -0.1) is 0 Å². The Labute approximate surface area is 169 Å². The lowest BCUT2D eigenvalue weighted by molar-refractivity contribution is -0.0689. The molecule has 0 aromatic rings. The van der Waals surface area contributed by atoms with Crippen molar-refractivity contribution in [2.45, 2.75) is 92.9 Å². The largest absolute Gasteiger partial charge is 0.396 e. The molecular weight excluding hydrogens is 340 g/mol. The van der Waals surface area contributed by atoms with Gasteiger partial charge in [0.2, 0.25) is 0 Å². The molecule has 0 spiro atoms. The van der Waals surface area contributed by atoms with Crippen molar-refractivity contribution in [1.29, 1.82) is 0 Å². The molecule has 0 saturated carbocycles. The molecule has 0 radical (unpaired) electrons. The van der Waals surface area contributed by atoms with Crippen LogP contribution in [-0.4, -0.2) is 49.9 Å². The predicted molar refractivity (Wildman–Crippen MR) is 114 cm³/mol. The fourth-order valence-electron chi connectivity index (χ4n) is 3.41. The first-order valence-electron chi connectivity index (χ1n) is 11.2. The van der Waals surface area contributed by atoms with E-state index in [2.05, 4.69) is 41.5 Å². The summed E-state index contributed by atoms with van der Waals surface area (Å²) in [7, 11) is 0. The summed E-state index contributed by atoms with van der Waals surface area (Å²) in [6.07, 6.45) is 8.44. The number of aliphatic hydroxyl groups excluding tert-OH is 2. The summed E-state index contributed by atoms with van der Waals surface area (Å²) in [5.74, 6) is 0. The van der Waals surface area contributed by atoms with E-state index in [1.807, 2.05) is 0 Å². The Morgan fingerprint density at radius 1 is 0.630 bits per heavy atom. The second-order valence-electron chi connectivity index (χ2n) is 9.38. The molecule has 0 heterocycles. The van der Waals surface area contributed by atoms with E-state index in [4.69, 9.17) is 9.47 Å². The average Bonchev–Trinajstić information content (AvgIpc) is 2.67. The number of unbranched alkanes of at least 4 members (excludes halogenated alkanes) is 2. The van der Waals surface area contributed by atoms with Crippen LogP contribution in [0, 0.1) is 16.2 Å². The van der Waals surface area contributed by atoms with Crippen LogP contribution in [0.2, 0.25) is 0 Å². The Hall–Kier alpha value is -0.160. The maximum atomic E-state index is 9.86. The van der Waals surface area contributed by atoms with Gasteiger partial charge in [-0.25, -0.2) is 0 Å². The molecule has 2 atom stereocenters. The van der Waals surface area contributed by atoms with E-state index in [1.54, 1.807) is 0 Å². The molecule has 0 saturated heterocycles. The predicted octanol–water partition coefficient (Wildman–Crippen LogP) is 5.20. The zero-order valence-corrected chi connectivity index (χ0v) is 19.1. The molecular formula is C23H48O4. The first-order valence-corrected chi connectivity index (χ1v) is 11.2. The highest BCUT2D eigenvalue weighted by Gasteiger charge is 2.30. The van der Waals surface area contributed by atoms with Gasteiger partial charge in [-0.05, 0) is 25.7 Å². The van der Waals surface area contributed by atoms with Crippen LogP contribution < -0.4 is 0 Å². The van der Waals surface area contributed by atoms with Crippen molar-refractivity contribution in [1.82, 2.24) is 0 Å². The Bertz CT molecular complexity index is 314. The van der Waals surface area contributed by atoms with E-state index in [-0.39, 0.29) is 29.5 Å². The van der Waals surface area contributed by atoms with Crippen LogP contribution in [0.4, 0.5) is 0 Å². The summed E-state index contributed by atoms with van der Waals surface area (Å²) in [6.45, 7) is 15.8. The van der Waals surface area contributed by atoms with Gasteiger partial charge in [0.25, 0.3) is 0 Å². The van der Waals surface area contributed by atoms with Crippen molar-refractivity contribution in [3.05, 3.63) is 0 Å². The van der Waals surface area contributed by atoms with Crippen LogP contribution in [-0.2, 0) is 9.47 Å². The molecule has 0 aliphatic heterocycles. The quantitative estimate of drug-likeness (QED) is 0.339. The Morgan fingerprint density at radius 2 is 1.00 bits per heavy atom. The van der Waals surface area contributed by atoms with Gasteiger partial charge >= 0.3 is 0 Å². The number of ether oxygens (including phenoxy) is 2. The fraction of sp³-hybridized carbons (Fsp3) is 1.00. The van der Waals surface area contributed by atoms with Crippen molar-refractivity contribution in [2.24, 2.45) is 16.2 Å². The minimum Gasteiger partial charge on any atom is -0.396 e. The van der Waals surface area contributed by atoms with E-state index in [9.17, 15) is 10.2 Å². The Morgan fingerprint density at radius 3 is 1.26 bits per heavy atom. The third-order valence-electron chi connectivity index (χ3n) is 6.09. The second kappa shape index (κ2) is 13.9. The van der Waals surface area contributed by atoms with Gasteiger partial charge in [0.15, 0.2) is 0 Å². The topological polar surface area (TPSA) is 58.9 Å². The van der Waals surface area contributed by atoms with Crippen molar-refractivity contribution in [3.63, 3.8) is 0 Å². The fourth-order valence-corrected chi connectivity index (χ4v) is 3.41. The molecule has 0 aromatic heterocycles. The number of rotatable bonds is 18. The molecule has 0 bridgehead atoms. The van der Waals surface area contributed by atoms with E-state index >= 15 is 0 Å². The smallest absolute Gasteiger partial charge is 0.0544 e. The molecule has 4 heteroatoms. The standard InChI is InChI=1S/C23H48O4/c1-7-11-13-22(9-3,15-24)19-26-17-21(5,6)18-27-20-23(10-4,16-25)14-12-8-2/h24-25H,7-20H2,1-6H3. The number of aliphatic hydroxyl groups is 2. The van der Waals surface area contributed by atoms with E-state index in [0.29, 0.717) is 26.4 Å². The summed E-state index contributed by atoms with van der Waals surface area (Å²) in [6, 6.07) is 0. The monoisotopic (exact) mass is 388 g/mol. The zero-order chi connectivity index (χ0) is 20.8. The third kappa shape index (κ3) is 10.3. The Kier molecular flexibility index (Phi) is 13.8. The van der Waals surface area contributed by atoms with Gasteiger partial charge in [-0.3, -0.25) is 0 Å². The van der Waals surface area contributed by atoms with Crippen molar-refractivity contribution in [3.8, 4) is 0 Å². The number of hydrogen-bond donors (Lipinski definition) is 2. The molecule has 27 heavy (non-hydrogen) atoms. The summed E-state index contributed by atoms with van der Waals surface area (Å²) in [5, 5.41) is 19.7. The van der Waals surface area contributed by atoms with Crippen LogP contribution >= 0.6 is 0 Å². The average molecular weight is 389 g/mol. The molecule has 0 aliphatic carbocycles. The summed E-state index contributed by atoms with van der Waals surface area (Å²) in [5.41, 5.74) is -0.303. The lowest BCUT2D eigenvalue weighted by atomic mass is 9.81. The van der Waals surface area contributed by atoms with Gasteiger partial charge in [0.1, 0.15) is 0 Å². The third-order valence-corrected chi connectivity index (χ3v) is 6.09. The lowest BCUT2D eigenvalue weighted by Crippen LogP contribution is -2.36. The van der Waals surface area contributed by atoms with Crippen LogP contribution in [0.15, 0.2) is 0 Å². The van der Waals surface area contributed by atoms with Crippen molar-refractivity contribution >= 4 is 0 Å². The zero-order valence-electron chi connectivity index (χ0n) is 19.1. The molecule has 164 valence electrons. The first kappa shape index (κ1) is 26.8. The molecule has 0 amide bonds. The SMILES string of the molecule is CCCCC(CC)(CO)COCC(C)(C)COCC(CC)(CO)CCCC. The van der Waals surface area contributed by atoms with Gasteiger partial charge in [0, 0.05) is 16.2 Å². The van der Waals surface area contributed by atoms with E-state index in [1.165, 1.54) is 0 Å². The number of hydrogen-bond acceptors (Lipinski definition) is 4. The molecule has 4 nitrogen and oxygen atoms in total. The molecule has 0 fully saturated rings. The molecule has 0 aromatic carbocycles. The van der Waals surface area contributed by atoms with Crippen LogP contribution in [0.1, 0.15) is 92.9 Å². The highest BCUT2D eigenvalue weighted by molar-refractivity contribution is 4.79. The maximum Gasteiger partial charge on any atom is 0.0544 e. The van der Waals surface area contributed by atoms with E-state index < -0.39 is 0 Å². The van der Waals surface area contributed by atoms with Crippen molar-refractivity contribution in [2.75, 3.05) is 39.6 Å². The van der Waals surface area contributed by atoms with Gasteiger partial charge in [0.05, 0.1) is 39.6 Å². The van der Waals surface area contributed by atoms with Crippen molar-refractivity contribution < 1.29 is 19.7 Å². The highest BCUT2D eigenvalue weighted by atomic mass is 16.5. The highest BCUT2D eigenvalue weighted by Crippen LogP contribution is 2.31. The molecule has 2 N–H and O–H groups in total. The lowest BCUT2D eigenvalue weighted by Gasteiger charge is -2.34. The van der Waals surface area contributed by atoms with Crippen LogP contribution in [0.5, 0.6) is 0 Å². The van der Waals surface area contributed by atoms with Gasteiger partial charge in [-0.1, -0.05) is 67.2 Å². The summed E-state index contributed by atoms with van der Waals surface area (Å²) in [4.78, 5) is 0. The normalized spacial score (nSPS) is 16.9. The van der Waals surface area contributed by atoms with Gasteiger partial charge in [-0.2, -0.15) is 0 Å². The Balaban J connectivity index is 4.46.